The van der Waals surface area contributed by atoms with Gasteiger partial charge in [0.2, 0.25) is 5.91 Å². The molecule has 7 nitrogen and oxygen atoms in total. The highest BCUT2D eigenvalue weighted by Gasteiger charge is 2.33. The molecule has 0 atom stereocenters. The summed E-state index contributed by atoms with van der Waals surface area (Å²) in [6.07, 6.45) is 9.96. The molecule has 2 heterocycles. The molecule has 2 amide bonds. The summed E-state index contributed by atoms with van der Waals surface area (Å²) in [5.74, 6) is 0.178. The third kappa shape index (κ3) is 7.34. The lowest BCUT2D eigenvalue weighted by Gasteiger charge is -2.26. The Labute approximate surface area is 260 Å². The molecule has 2 fully saturated rings. The van der Waals surface area contributed by atoms with Crippen molar-refractivity contribution in [1.82, 2.24) is 9.88 Å². The second-order valence-corrected chi connectivity index (χ2v) is 12.0. The maximum absolute atomic E-state index is 13.4. The Morgan fingerprint density at radius 1 is 0.818 bits per heavy atom. The van der Waals surface area contributed by atoms with Gasteiger partial charge in [-0.05, 0) is 83.8 Å². The van der Waals surface area contributed by atoms with Crippen molar-refractivity contribution in [2.24, 2.45) is 11.7 Å². The maximum atomic E-state index is 13.4. The molecule has 2 aliphatic rings. The van der Waals surface area contributed by atoms with Crippen LogP contribution >= 0.6 is 0 Å². The Bertz CT molecular complexity index is 1590. The fourth-order valence-electron chi connectivity index (χ4n) is 6.04. The van der Waals surface area contributed by atoms with Crippen LogP contribution in [-0.2, 0) is 24.4 Å². The number of benzene rings is 3. The highest BCUT2D eigenvalue weighted by atomic mass is 16.2. The molecular weight excluding hydrogens is 546 g/mol. The van der Waals surface area contributed by atoms with Crippen molar-refractivity contribution in [3.05, 3.63) is 114 Å². The van der Waals surface area contributed by atoms with E-state index in [-0.39, 0.29) is 17.7 Å². The molecule has 3 N–H and O–H groups in total. The molecule has 7 heteroatoms. The van der Waals surface area contributed by atoms with E-state index in [1.807, 2.05) is 17.0 Å². The Morgan fingerprint density at radius 3 is 2.23 bits per heavy atom. The largest absolute Gasteiger partial charge is 0.370 e. The highest BCUT2D eigenvalue weighted by molar-refractivity contribution is 6.06. The van der Waals surface area contributed by atoms with Crippen LogP contribution in [0.1, 0.15) is 65.6 Å². The third-order valence-corrected chi connectivity index (χ3v) is 8.59. The monoisotopic (exact) mass is 587 g/mol. The van der Waals surface area contributed by atoms with E-state index >= 15 is 0 Å². The van der Waals surface area contributed by atoms with Gasteiger partial charge < -0.3 is 20.9 Å². The normalized spacial score (nSPS) is 15.0. The molecule has 6 rings (SSSR count). The number of pyridine rings is 1. The summed E-state index contributed by atoms with van der Waals surface area (Å²) in [5.41, 5.74) is 13.6. The number of nitrogens with zero attached hydrogens (tertiary/aromatic N) is 3. The molecule has 0 unspecified atom stereocenters. The summed E-state index contributed by atoms with van der Waals surface area (Å²) < 4.78 is 0. The molecule has 1 aliphatic heterocycles. The zero-order chi connectivity index (χ0) is 30.3. The van der Waals surface area contributed by atoms with Gasteiger partial charge in [-0.3, -0.25) is 14.6 Å². The summed E-state index contributed by atoms with van der Waals surface area (Å²) in [7, 11) is 0. The van der Waals surface area contributed by atoms with Crippen LogP contribution in [0, 0.1) is 5.92 Å². The van der Waals surface area contributed by atoms with Crippen molar-refractivity contribution >= 4 is 23.2 Å². The van der Waals surface area contributed by atoms with Crippen LogP contribution in [0.5, 0.6) is 0 Å². The Balaban J connectivity index is 1.28. The van der Waals surface area contributed by atoms with Gasteiger partial charge in [0.25, 0.3) is 5.91 Å². The molecule has 226 valence electrons. The second-order valence-electron chi connectivity index (χ2n) is 12.0. The standard InChI is InChI=1S/C37H41N5O2/c38-23-27-8-5-9-28(20-27)25-42(37(44)30-13-14-30)26-29-10-6-11-31(21-29)32-15-16-35(41-18-3-1-2-4-19-41)34(22-32)40-36(43)33-12-7-17-39-24-33/h5-12,15-17,20-22,24,30H,1-4,13-14,18-19,23,25-26,38H2,(H,40,43). The average molecular weight is 588 g/mol. The number of anilines is 2. The molecule has 0 radical (unpaired) electrons. The topological polar surface area (TPSA) is 91.6 Å². The molecule has 44 heavy (non-hydrogen) atoms. The van der Waals surface area contributed by atoms with E-state index in [1.165, 1.54) is 12.8 Å². The van der Waals surface area contributed by atoms with Gasteiger partial charge in [-0.1, -0.05) is 61.4 Å². The number of hydrogen-bond acceptors (Lipinski definition) is 5. The number of nitrogens with two attached hydrogens (primary N) is 1. The predicted molar refractivity (Wildman–Crippen MR) is 176 cm³/mol. The third-order valence-electron chi connectivity index (χ3n) is 8.59. The fourth-order valence-corrected chi connectivity index (χ4v) is 6.04. The number of amides is 2. The van der Waals surface area contributed by atoms with E-state index in [9.17, 15) is 9.59 Å². The summed E-state index contributed by atoms with van der Waals surface area (Å²) in [5, 5.41) is 3.19. The molecule has 0 bridgehead atoms. The van der Waals surface area contributed by atoms with Crippen LogP contribution in [0.4, 0.5) is 11.4 Å². The predicted octanol–water partition coefficient (Wildman–Crippen LogP) is 6.78. The fraction of sp³-hybridized carbons (Fsp3) is 0.324. The van der Waals surface area contributed by atoms with E-state index in [2.05, 4.69) is 69.8 Å². The number of carbonyl (C=O) groups excluding carboxylic acids is 2. The number of carbonyl (C=O) groups is 2. The Hall–Kier alpha value is -4.49. The first-order valence-corrected chi connectivity index (χ1v) is 15.8. The van der Waals surface area contributed by atoms with Gasteiger partial charge >= 0.3 is 0 Å². The summed E-state index contributed by atoms with van der Waals surface area (Å²) in [6.45, 7) is 3.52. The second kappa shape index (κ2) is 13.9. The minimum absolute atomic E-state index is 0.133. The van der Waals surface area contributed by atoms with Crippen molar-refractivity contribution in [3.8, 4) is 11.1 Å². The van der Waals surface area contributed by atoms with Gasteiger partial charge in [-0.2, -0.15) is 0 Å². The Morgan fingerprint density at radius 2 is 1.52 bits per heavy atom. The van der Waals surface area contributed by atoms with Gasteiger partial charge in [0.05, 0.1) is 16.9 Å². The lowest BCUT2D eigenvalue weighted by atomic mass is 10.0. The lowest BCUT2D eigenvalue weighted by Crippen LogP contribution is -2.31. The summed E-state index contributed by atoms with van der Waals surface area (Å²) >= 11 is 0. The van der Waals surface area contributed by atoms with E-state index < -0.39 is 0 Å². The van der Waals surface area contributed by atoms with Crippen LogP contribution < -0.4 is 16.0 Å². The van der Waals surface area contributed by atoms with E-state index in [4.69, 9.17) is 5.73 Å². The van der Waals surface area contributed by atoms with Crippen LogP contribution in [0.25, 0.3) is 11.1 Å². The summed E-state index contributed by atoms with van der Waals surface area (Å²) in [6, 6.07) is 26.5. The van der Waals surface area contributed by atoms with Crippen molar-refractivity contribution in [2.45, 2.75) is 58.2 Å². The zero-order valence-electron chi connectivity index (χ0n) is 25.3. The minimum atomic E-state index is -0.173. The van der Waals surface area contributed by atoms with Crippen molar-refractivity contribution in [1.29, 1.82) is 0 Å². The first-order chi connectivity index (χ1) is 21.6. The lowest BCUT2D eigenvalue weighted by molar-refractivity contribution is -0.133. The number of aromatic nitrogens is 1. The van der Waals surface area contributed by atoms with E-state index in [0.29, 0.717) is 25.2 Å². The molecule has 1 saturated carbocycles. The molecular formula is C37H41N5O2. The van der Waals surface area contributed by atoms with Gasteiger partial charge in [0.1, 0.15) is 0 Å². The molecule has 4 aromatic rings. The molecule has 1 saturated heterocycles. The minimum Gasteiger partial charge on any atom is -0.370 e. The van der Waals surface area contributed by atoms with Crippen molar-refractivity contribution in [3.63, 3.8) is 0 Å². The number of rotatable bonds is 10. The molecule has 0 spiro atoms. The first kappa shape index (κ1) is 29.6. The quantitative estimate of drug-likeness (QED) is 0.213. The Kier molecular flexibility index (Phi) is 9.32. The van der Waals surface area contributed by atoms with E-state index in [0.717, 1.165) is 78.0 Å². The molecule has 1 aromatic heterocycles. The van der Waals surface area contributed by atoms with Gasteiger partial charge in [0.15, 0.2) is 0 Å². The molecule has 3 aromatic carbocycles. The van der Waals surface area contributed by atoms with Crippen molar-refractivity contribution in [2.75, 3.05) is 23.3 Å². The molecule has 1 aliphatic carbocycles. The van der Waals surface area contributed by atoms with E-state index in [1.54, 1.807) is 24.5 Å². The van der Waals surface area contributed by atoms with Gasteiger partial charge in [0, 0.05) is 51.0 Å². The number of hydrogen-bond donors (Lipinski definition) is 2. The van der Waals surface area contributed by atoms with Gasteiger partial charge in [-0.15, -0.1) is 0 Å². The smallest absolute Gasteiger partial charge is 0.257 e. The van der Waals surface area contributed by atoms with Crippen LogP contribution in [-0.4, -0.2) is 34.8 Å². The average Bonchev–Trinajstić information content (AvgIpc) is 3.93. The zero-order valence-corrected chi connectivity index (χ0v) is 25.3. The maximum Gasteiger partial charge on any atom is 0.257 e. The van der Waals surface area contributed by atoms with Gasteiger partial charge in [-0.25, -0.2) is 0 Å². The van der Waals surface area contributed by atoms with Crippen molar-refractivity contribution < 1.29 is 9.59 Å². The SMILES string of the molecule is NCc1cccc(CN(Cc2cccc(-c3ccc(N4CCCCCC4)c(NC(=O)c4cccnc4)c3)c2)C(=O)C2CC2)c1. The first-order valence-electron chi connectivity index (χ1n) is 15.8. The van der Waals surface area contributed by atoms with Crippen LogP contribution in [0.2, 0.25) is 0 Å². The summed E-state index contributed by atoms with van der Waals surface area (Å²) in [4.78, 5) is 35.1. The highest BCUT2D eigenvalue weighted by Crippen LogP contribution is 2.35. The van der Waals surface area contributed by atoms with Crippen LogP contribution in [0.3, 0.4) is 0 Å². The number of nitrogens with one attached hydrogen (secondary N) is 1. The van der Waals surface area contributed by atoms with Crippen LogP contribution in [0.15, 0.2) is 91.3 Å².